The highest BCUT2D eigenvalue weighted by atomic mass is 16.5. The van der Waals surface area contributed by atoms with Crippen LogP contribution in [-0.2, 0) is 16.0 Å². The van der Waals surface area contributed by atoms with E-state index in [4.69, 9.17) is 9.84 Å². The molecule has 0 bridgehead atoms. The van der Waals surface area contributed by atoms with Crippen molar-refractivity contribution in [1.29, 1.82) is 0 Å². The number of hydrogen-bond donors (Lipinski definition) is 2. The minimum atomic E-state index is -0.998. The lowest BCUT2D eigenvalue weighted by Crippen LogP contribution is -2.45. The average Bonchev–Trinajstić information content (AvgIpc) is 2.44. The third kappa shape index (κ3) is 4.57. The highest BCUT2D eigenvalue weighted by molar-refractivity contribution is 5.85. The fourth-order valence-corrected chi connectivity index (χ4v) is 1.84. The van der Waals surface area contributed by atoms with Crippen LogP contribution in [0.15, 0.2) is 24.3 Å². The van der Waals surface area contributed by atoms with Crippen molar-refractivity contribution in [1.82, 2.24) is 5.32 Å². The molecule has 5 nitrogen and oxygen atoms in total. The van der Waals surface area contributed by atoms with E-state index in [1.54, 1.807) is 31.4 Å². The summed E-state index contributed by atoms with van der Waals surface area (Å²) in [4.78, 5) is 23.0. The van der Waals surface area contributed by atoms with Crippen LogP contribution in [0.5, 0.6) is 5.75 Å². The Morgan fingerprint density at radius 2 is 1.90 bits per heavy atom. The van der Waals surface area contributed by atoms with E-state index in [1.165, 1.54) is 0 Å². The molecule has 0 spiro atoms. The minimum absolute atomic E-state index is 0.104. The third-order valence-electron chi connectivity index (χ3n) is 3.32. The molecule has 20 heavy (non-hydrogen) atoms. The van der Waals surface area contributed by atoms with Gasteiger partial charge in [0.1, 0.15) is 11.8 Å². The predicted octanol–water partition coefficient (Wildman–Crippen LogP) is 1.85. The van der Waals surface area contributed by atoms with Crippen LogP contribution >= 0.6 is 0 Å². The van der Waals surface area contributed by atoms with Gasteiger partial charge in [-0.1, -0.05) is 32.4 Å². The smallest absolute Gasteiger partial charge is 0.326 e. The second kappa shape index (κ2) is 7.53. The molecule has 1 aromatic carbocycles. The SMILES string of the molecule is CCC(C)C(NC(=O)Cc1ccc(OC)cc1)C(=O)O. The van der Waals surface area contributed by atoms with Crippen molar-refractivity contribution in [2.24, 2.45) is 5.92 Å². The number of amides is 1. The van der Waals surface area contributed by atoms with E-state index < -0.39 is 12.0 Å². The van der Waals surface area contributed by atoms with E-state index in [-0.39, 0.29) is 18.2 Å². The molecule has 0 aliphatic carbocycles. The van der Waals surface area contributed by atoms with Crippen molar-refractivity contribution in [2.75, 3.05) is 7.11 Å². The van der Waals surface area contributed by atoms with Crippen molar-refractivity contribution in [3.63, 3.8) is 0 Å². The van der Waals surface area contributed by atoms with Crippen LogP contribution < -0.4 is 10.1 Å². The fraction of sp³-hybridized carbons (Fsp3) is 0.467. The van der Waals surface area contributed by atoms with E-state index in [1.807, 2.05) is 13.8 Å². The summed E-state index contributed by atoms with van der Waals surface area (Å²) in [6, 6.07) is 6.28. The first kappa shape index (κ1) is 16.0. The van der Waals surface area contributed by atoms with Gasteiger partial charge in [-0.25, -0.2) is 4.79 Å². The molecule has 1 aromatic rings. The largest absolute Gasteiger partial charge is 0.497 e. The van der Waals surface area contributed by atoms with Gasteiger partial charge >= 0.3 is 5.97 Å². The van der Waals surface area contributed by atoms with Gasteiger partial charge in [-0.15, -0.1) is 0 Å². The molecule has 1 rings (SSSR count). The molecule has 2 atom stereocenters. The zero-order chi connectivity index (χ0) is 15.1. The van der Waals surface area contributed by atoms with Gasteiger partial charge in [-0.3, -0.25) is 4.79 Å². The van der Waals surface area contributed by atoms with Gasteiger partial charge in [0.15, 0.2) is 0 Å². The molecule has 0 saturated heterocycles. The number of aliphatic carboxylic acids is 1. The van der Waals surface area contributed by atoms with Gasteiger partial charge in [0, 0.05) is 0 Å². The highest BCUT2D eigenvalue weighted by Crippen LogP contribution is 2.12. The molecule has 1 amide bonds. The minimum Gasteiger partial charge on any atom is -0.497 e. The second-order valence-electron chi connectivity index (χ2n) is 4.79. The van der Waals surface area contributed by atoms with Crippen LogP contribution in [0.1, 0.15) is 25.8 Å². The molecule has 5 heteroatoms. The lowest BCUT2D eigenvalue weighted by atomic mass is 9.99. The van der Waals surface area contributed by atoms with Crippen LogP contribution in [-0.4, -0.2) is 30.1 Å². The van der Waals surface area contributed by atoms with Crippen molar-refractivity contribution in [3.05, 3.63) is 29.8 Å². The van der Waals surface area contributed by atoms with E-state index in [9.17, 15) is 9.59 Å². The topological polar surface area (TPSA) is 75.6 Å². The molecule has 0 aromatic heterocycles. The molecular formula is C15H21NO4. The summed E-state index contributed by atoms with van der Waals surface area (Å²) in [5.74, 6) is -0.671. The zero-order valence-electron chi connectivity index (χ0n) is 12.1. The lowest BCUT2D eigenvalue weighted by Gasteiger charge is -2.20. The molecule has 0 radical (unpaired) electrons. The molecular weight excluding hydrogens is 258 g/mol. The molecule has 110 valence electrons. The first-order valence-corrected chi connectivity index (χ1v) is 6.63. The van der Waals surface area contributed by atoms with Gasteiger partial charge in [-0.2, -0.15) is 0 Å². The van der Waals surface area contributed by atoms with Crippen LogP contribution in [0.4, 0.5) is 0 Å². The Hall–Kier alpha value is -2.04. The number of benzene rings is 1. The molecule has 0 heterocycles. The summed E-state index contributed by atoms with van der Waals surface area (Å²) in [5.41, 5.74) is 0.816. The molecule has 0 aliphatic rings. The summed E-state index contributed by atoms with van der Waals surface area (Å²) >= 11 is 0. The van der Waals surface area contributed by atoms with Gasteiger partial charge < -0.3 is 15.2 Å². The quantitative estimate of drug-likeness (QED) is 0.798. The fourth-order valence-electron chi connectivity index (χ4n) is 1.84. The lowest BCUT2D eigenvalue weighted by molar-refractivity contribution is -0.143. The Labute approximate surface area is 118 Å². The Balaban J connectivity index is 2.63. The molecule has 2 N–H and O–H groups in total. The Morgan fingerprint density at radius 1 is 1.30 bits per heavy atom. The normalized spacial score (nSPS) is 13.3. The number of carboxylic acid groups (broad SMARTS) is 1. The van der Waals surface area contributed by atoms with Gasteiger partial charge in [0.25, 0.3) is 0 Å². The van der Waals surface area contributed by atoms with Crippen LogP contribution in [0.2, 0.25) is 0 Å². The van der Waals surface area contributed by atoms with Crippen LogP contribution in [0.25, 0.3) is 0 Å². The maximum atomic E-state index is 11.9. The second-order valence-corrected chi connectivity index (χ2v) is 4.79. The van der Waals surface area contributed by atoms with Crippen molar-refractivity contribution in [3.8, 4) is 5.75 Å². The molecule has 2 unspecified atom stereocenters. The summed E-state index contributed by atoms with van der Waals surface area (Å²) in [6.07, 6.45) is 0.851. The van der Waals surface area contributed by atoms with Gasteiger partial charge in [-0.05, 0) is 23.6 Å². The average molecular weight is 279 g/mol. The van der Waals surface area contributed by atoms with Crippen molar-refractivity contribution >= 4 is 11.9 Å². The van der Waals surface area contributed by atoms with Gasteiger partial charge in [0.2, 0.25) is 5.91 Å². The third-order valence-corrected chi connectivity index (χ3v) is 3.32. The van der Waals surface area contributed by atoms with E-state index >= 15 is 0 Å². The van der Waals surface area contributed by atoms with Crippen LogP contribution in [0.3, 0.4) is 0 Å². The maximum absolute atomic E-state index is 11.9. The Kier molecular flexibility index (Phi) is 6.03. The summed E-state index contributed by atoms with van der Waals surface area (Å²) < 4.78 is 5.04. The standard InChI is InChI=1S/C15H21NO4/c1-4-10(2)14(15(18)19)16-13(17)9-11-5-7-12(20-3)8-6-11/h5-8,10,14H,4,9H2,1-3H3,(H,16,17)(H,18,19). The Morgan fingerprint density at radius 3 is 2.35 bits per heavy atom. The summed E-state index contributed by atoms with van der Waals surface area (Å²) in [6.45, 7) is 3.71. The van der Waals surface area contributed by atoms with E-state index in [2.05, 4.69) is 5.32 Å². The number of carboxylic acids is 1. The molecule has 0 saturated carbocycles. The molecule has 0 fully saturated rings. The summed E-state index contributed by atoms with van der Waals surface area (Å²) in [5, 5.41) is 11.7. The number of rotatable bonds is 7. The first-order valence-electron chi connectivity index (χ1n) is 6.63. The van der Waals surface area contributed by atoms with Crippen molar-refractivity contribution < 1.29 is 19.4 Å². The number of methoxy groups -OCH3 is 1. The number of nitrogens with one attached hydrogen (secondary N) is 1. The van der Waals surface area contributed by atoms with Crippen molar-refractivity contribution in [2.45, 2.75) is 32.7 Å². The maximum Gasteiger partial charge on any atom is 0.326 e. The zero-order valence-corrected chi connectivity index (χ0v) is 12.1. The van der Waals surface area contributed by atoms with E-state index in [0.717, 1.165) is 11.3 Å². The van der Waals surface area contributed by atoms with Crippen LogP contribution in [0, 0.1) is 5.92 Å². The Bertz CT molecular complexity index is 455. The first-order chi connectivity index (χ1) is 9.47. The number of ether oxygens (including phenoxy) is 1. The number of carbonyl (C=O) groups excluding carboxylic acids is 1. The predicted molar refractivity (Wildman–Crippen MR) is 75.7 cm³/mol. The number of carbonyl (C=O) groups is 2. The van der Waals surface area contributed by atoms with Gasteiger partial charge in [0.05, 0.1) is 13.5 Å². The highest BCUT2D eigenvalue weighted by Gasteiger charge is 2.25. The number of hydrogen-bond acceptors (Lipinski definition) is 3. The monoisotopic (exact) mass is 279 g/mol. The summed E-state index contributed by atoms with van der Waals surface area (Å²) in [7, 11) is 1.57. The molecule has 0 aliphatic heterocycles. The van der Waals surface area contributed by atoms with E-state index in [0.29, 0.717) is 6.42 Å².